The third-order valence-corrected chi connectivity index (χ3v) is 3.22. The fraction of sp³-hybridized carbons (Fsp3) is 0.857. The molecule has 0 fully saturated rings. The number of primary amides is 1. The molecule has 0 saturated heterocycles. The number of rotatable bonds is 10. The molecule has 17 nitrogen and oxygen atoms in total. The van der Waals surface area contributed by atoms with Crippen LogP contribution >= 0.6 is 0 Å². The number of nitro groups is 5. The van der Waals surface area contributed by atoms with E-state index in [1.807, 2.05) is 0 Å². The molecule has 0 radical (unpaired) electrons. The van der Waals surface area contributed by atoms with Gasteiger partial charge in [0.05, 0.1) is 22.7 Å². The summed E-state index contributed by atoms with van der Waals surface area (Å²) in [4.78, 5) is 56.6. The standard InChI is InChI=1S/C7H10N6O11/c1-6(9(15)16,10(17)18)2-4(5(8)14)3-7(11(19)20,12(21)22)13(23)24/h4H,2-3H2,1H3,(H2,8,14). The molecule has 0 bridgehead atoms. The molecule has 1 unspecified atom stereocenters. The van der Waals surface area contributed by atoms with E-state index in [2.05, 4.69) is 0 Å². The van der Waals surface area contributed by atoms with Crippen molar-refractivity contribution in [2.45, 2.75) is 31.2 Å². The Morgan fingerprint density at radius 3 is 1.38 bits per heavy atom. The number of carbonyl (C=O) groups is 1. The van der Waals surface area contributed by atoms with Crippen molar-refractivity contribution in [2.75, 3.05) is 0 Å². The second-order valence-electron chi connectivity index (χ2n) is 4.78. The molecule has 2 N–H and O–H groups in total. The van der Waals surface area contributed by atoms with E-state index in [1.54, 1.807) is 0 Å². The molecule has 0 heterocycles. The van der Waals surface area contributed by atoms with Gasteiger partial charge in [0.25, 0.3) is 0 Å². The summed E-state index contributed by atoms with van der Waals surface area (Å²) in [6.07, 6.45) is -3.22. The molecule has 0 saturated carbocycles. The van der Waals surface area contributed by atoms with Gasteiger partial charge in [-0.15, -0.1) is 0 Å². The summed E-state index contributed by atoms with van der Waals surface area (Å²) >= 11 is 0. The molecule has 0 spiro atoms. The number of hydrogen-bond acceptors (Lipinski definition) is 11. The van der Waals surface area contributed by atoms with Gasteiger partial charge in [-0.25, -0.2) is 0 Å². The normalized spacial score (nSPS) is 12.9. The van der Waals surface area contributed by atoms with Gasteiger partial charge in [0, 0.05) is 0 Å². The van der Waals surface area contributed by atoms with Gasteiger partial charge >= 0.3 is 11.4 Å². The molecule has 0 rings (SSSR count). The van der Waals surface area contributed by atoms with Crippen molar-refractivity contribution in [2.24, 2.45) is 11.7 Å². The second kappa shape index (κ2) is 6.71. The first kappa shape index (κ1) is 20.5. The maximum atomic E-state index is 11.3. The van der Waals surface area contributed by atoms with Crippen LogP contribution in [0.3, 0.4) is 0 Å². The van der Waals surface area contributed by atoms with E-state index in [0.29, 0.717) is 6.92 Å². The van der Waals surface area contributed by atoms with Crippen molar-refractivity contribution in [1.82, 2.24) is 0 Å². The van der Waals surface area contributed by atoms with Crippen LogP contribution in [0, 0.1) is 56.5 Å². The number of nitrogens with zero attached hydrogens (tertiary/aromatic N) is 5. The molecule has 0 aliphatic carbocycles. The van der Waals surface area contributed by atoms with Gasteiger partial charge in [-0.2, -0.15) is 0 Å². The lowest BCUT2D eigenvalue weighted by Crippen LogP contribution is -2.56. The smallest absolute Gasteiger partial charge is 0.369 e. The lowest BCUT2D eigenvalue weighted by atomic mass is 9.90. The number of amides is 1. The summed E-state index contributed by atoms with van der Waals surface area (Å²) in [6.45, 7) is 0.426. The minimum Gasteiger partial charge on any atom is -0.369 e. The SMILES string of the molecule is CC(CC(CC([N+](=O)[O-])([N+](=O)[O-])[N+](=O)[O-])C(N)=O)([N+](=O)[O-])[N+](=O)[O-]. The molecule has 1 atom stereocenters. The van der Waals surface area contributed by atoms with Crippen LogP contribution in [0.1, 0.15) is 19.8 Å². The highest BCUT2D eigenvalue weighted by atomic mass is 16.7. The van der Waals surface area contributed by atoms with Crippen molar-refractivity contribution in [3.05, 3.63) is 50.6 Å². The molecule has 24 heavy (non-hydrogen) atoms. The molecule has 1 amide bonds. The van der Waals surface area contributed by atoms with E-state index in [-0.39, 0.29) is 0 Å². The van der Waals surface area contributed by atoms with Crippen LogP contribution in [0.15, 0.2) is 0 Å². The van der Waals surface area contributed by atoms with Crippen molar-refractivity contribution < 1.29 is 29.4 Å². The lowest BCUT2D eigenvalue weighted by molar-refractivity contribution is -0.971. The van der Waals surface area contributed by atoms with Crippen LogP contribution in [0.25, 0.3) is 0 Å². The third kappa shape index (κ3) is 3.44. The van der Waals surface area contributed by atoms with Gasteiger partial charge < -0.3 is 5.73 Å². The quantitative estimate of drug-likeness (QED) is 0.271. The fourth-order valence-corrected chi connectivity index (χ4v) is 1.71. The Morgan fingerprint density at radius 1 is 0.833 bits per heavy atom. The predicted octanol–water partition coefficient (Wildman–Crippen LogP) is -1.38. The number of nitrogens with two attached hydrogens (primary N) is 1. The Labute approximate surface area is 130 Å². The first-order valence-electron chi connectivity index (χ1n) is 5.75. The zero-order valence-electron chi connectivity index (χ0n) is 11.8. The summed E-state index contributed by atoms with van der Waals surface area (Å²) in [7, 11) is 0. The van der Waals surface area contributed by atoms with Crippen LogP contribution in [0.2, 0.25) is 0 Å². The van der Waals surface area contributed by atoms with E-state index < -0.39 is 60.7 Å². The van der Waals surface area contributed by atoms with Gasteiger partial charge in [-0.1, -0.05) is 0 Å². The molecular formula is C7H10N6O11. The molecule has 17 heteroatoms. The van der Waals surface area contributed by atoms with Gasteiger partial charge in [0.15, 0.2) is 21.2 Å². The molecule has 134 valence electrons. The summed E-state index contributed by atoms with van der Waals surface area (Å²) in [5.41, 5.74) is 1.71. The van der Waals surface area contributed by atoms with Crippen molar-refractivity contribution >= 4 is 5.91 Å². The van der Waals surface area contributed by atoms with Crippen LogP contribution in [-0.2, 0) is 4.79 Å². The van der Waals surface area contributed by atoms with Gasteiger partial charge in [0.1, 0.15) is 6.42 Å². The van der Waals surface area contributed by atoms with Gasteiger partial charge in [-0.05, 0) is 0 Å². The van der Waals surface area contributed by atoms with Gasteiger partial charge in [0.2, 0.25) is 5.91 Å². The highest BCUT2D eigenvalue weighted by Crippen LogP contribution is 2.30. The zero-order chi connectivity index (χ0) is 19.5. The summed E-state index contributed by atoms with van der Waals surface area (Å²) in [5.74, 6) is -8.03. The molecule has 0 aliphatic rings. The average Bonchev–Trinajstić information content (AvgIpc) is 2.40. The van der Waals surface area contributed by atoms with Crippen LogP contribution < -0.4 is 5.73 Å². The monoisotopic (exact) mass is 354 g/mol. The molecule has 0 aromatic rings. The summed E-state index contributed by atoms with van der Waals surface area (Å²) < 4.78 is 0. The topological polar surface area (TPSA) is 259 Å². The van der Waals surface area contributed by atoms with Crippen LogP contribution in [0.5, 0.6) is 0 Å². The predicted molar refractivity (Wildman–Crippen MR) is 68.0 cm³/mol. The van der Waals surface area contributed by atoms with Crippen LogP contribution in [-0.4, -0.2) is 42.0 Å². The van der Waals surface area contributed by atoms with E-state index >= 15 is 0 Å². The molecule has 0 aromatic carbocycles. The Balaban J connectivity index is 6.03. The van der Waals surface area contributed by atoms with Gasteiger partial charge in [-0.3, -0.25) is 55.4 Å². The molecule has 0 aliphatic heterocycles. The highest BCUT2D eigenvalue weighted by Gasteiger charge is 2.72. The zero-order valence-corrected chi connectivity index (χ0v) is 11.8. The first-order valence-corrected chi connectivity index (χ1v) is 5.75. The number of hydrogen-bond donors (Lipinski definition) is 1. The van der Waals surface area contributed by atoms with E-state index in [0.717, 1.165) is 0 Å². The van der Waals surface area contributed by atoms with Crippen molar-refractivity contribution in [1.29, 1.82) is 0 Å². The Hall–Kier alpha value is -3.53. The van der Waals surface area contributed by atoms with E-state index in [1.165, 1.54) is 0 Å². The van der Waals surface area contributed by atoms with E-state index in [4.69, 9.17) is 5.73 Å². The largest absolute Gasteiger partial charge is 0.700 e. The second-order valence-corrected chi connectivity index (χ2v) is 4.78. The van der Waals surface area contributed by atoms with Crippen LogP contribution in [0.4, 0.5) is 0 Å². The third-order valence-electron chi connectivity index (χ3n) is 3.22. The fourth-order valence-electron chi connectivity index (χ4n) is 1.71. The summed E-state index contributed by atoms with van der Waals surface area (Å²) in [5, 5.41) is 54.0. The van der Waals surface area contributed by atoms with Crippen molar-refractivity contribution in [3.8, 4) is 0 Å². The maximum absolute atomic E-state index is 11.3. The maximum Gasteiger partial charge on any atom is 0.700 e. The Kier molecular flexibility index (Phi) is 5.72. The number of carbonyl (C=O) groups excluding carboxylic acids is 1. The average molecular weight is 354 g/mol. The summed E-state index contributed by atoms with van der Waals surface area (Å²) in [6, 6.07) is 0. The lowest BCUT2D eigenvalue weighted by Gasteiger charge is -2.18. The molecule has 0 aromatic heterocycles. The Morgan fingerprint density at radius 2 is 1.17 bits per heavy atom. The first-order chi connectivity index (χ1) is 10.7. The molecular weight excluding hydrogens is 344 g/mol. The van der Waals surface area contributed by atoms with Crippen molar-refractivity contribution in [3.63, 3.8) is 0 Å². The van der Waals surface area contributed by atoms with E-state index in [9.17, 15) is 55.4 Å². The minimum atomic E-state index is -4.13. The minimum absolute atomic E-state index is 0.426. The highest BCUT2D eigenvalue weighted by molar-refractivity contribution is 5.76. The Bertz CT molecular complexity index is 566.